The van der Waals surface area contributed by atoms with E-state index in [1.165, 1.54) is 22.3 Å². The minimum absolute atomic E-state index is 0.217. The van der Waals surface area contributed by atoms with Gasteiger partial charge in [0, 0.05) is 5.41 Å². The molecule has 0 spiro atoms. The van der Waals surface area contributed by atoms with Crippen LogP contribution in [0.5, 0.6) is 0 Å². The lowest BCUT2D eigenvalue weighted by molar-refractivity contribution is 0.613. The largest absolute Gasteiger partial charge is 0.323 e. The van der Waals surface area contributed by atoms with Gasteiger partial charge in [0.2, 0.25) is 0 Å². The Morgan fingerprint density at radius 2 is 0.759 bits per heavy atom. The van der Waals surface area contributed by atoms with Gasteiger partial charge in [-0.05, 0) is 42.8 Å². The van der Waals surface area contributed by atoms with Gasteiger partial charge in [-0.25, -0.2) is 0 Å². The summed E-state index contributed by atoms with van der Waals surface area (Å²) in [5.74, 6) is 0. The average molecular weight is 380 g/mol. The van der Waals surface area contributed by atoms with E-state index in [9.17, 15) is 0 Å². The van der Waals surface area contributed by atoms with Crippen LogP contribution in [-0.4, -0.2) is 14.1 Å². The third kappa shape index (κ3) is 4.82. The van der Waals surface area contributed by atoms with Crippen molar-refractivity contribution in [2.24, 2.45) is 0 Å². The zero-order valence-electron chi connectivity index (χ0n) is 17.3. The van der Waals surface area contributed by atoms with Gasteiger partial charge in [0.1, 0.15) is 0 Å². The normalized spacial score (nSPS) is 10.7. The summed E-state index contributed by atoms with van der Waals surface area (Å²) in [5, 5.41) is 2.75. The van der Waals surface area contributed by atoms with Gasteiger partial charge in [0.05, 0.1) is 0 Å². The van der Waals surface area contributed by atoms with Crippen LogP contribution in [0.2, 0.25) is 0 Å². The summed E-state index contributed by atoms with van der Waals surface area (Å²) in [4.78, 5) is 0. The standard InChI is InChI=1S/C26H22.C2H7N/c1-5-13-22(14-6-1)21-26(23-15-7-2-8-16-23,24-17-9-3-10-18-24)25-19-11-4-12-20-25;1-3-2/h1-20H,21H2;3H,1-2H3. The lowest BCUT2D eigenvalue weighted by Gasteiger charge is -2.36. The predicted molar refractivity (Wildman–Crippen MR) is 124 cm³/mol. The first kappa shape index (κ1) is 20.6. The van der Waals surface area contributed by atoms with Crippen LogP contribution in [0.1, 0.15) is 22.3 Å². The van der Waals surface area contributed by atoms with Gasteiger partial charge >= 0.3 is 0 Å². The second-order valence-electron chi connectivity index (χ2n) is 7.17. The highest BCUT2D eigenvalue weighted by Gasteiger charge is 2.36. The molecular formula is C28H29N. The first-order valence-corrected chi connectivity index (χ1v) is 10.1. The molecule has 0 fully saturated rings. The molecule has 0 aliphatic heterocycles. The van der Waals surface area contributed by atoms with Crippen LogP contribution in [0, 0.1) is 0 Å². The smallest absolute Gasteiger partial charge is 0.0491 e. The van der Waals surface area contributed by atoms with Crippen molar-refractivity contribution in [1.29, 1.82) is 0 Å². The topological polar surface area (TPSA) is 12.0 Å². The van der Waals surface area contributed by atoms with E-state index in [1.807, 2.05) is 14.1 Å². The van der Waals surface area contributed by atoms with Gasteiger partial charge in [-0.15, -0.1) is 0 Å². The molecule has 4 rings (SSSR count). The summed E-state index contributed by atoms with van der Waals surface area (Å²) in [7, 11) is 3.75. The van der Waals surface area contributed by atoms with Gasteiger partial charge in [-0.3, -0.25) is 0 Å². The van der Waals surface area contributed by atoms with Crippen molar-refractivity contribution in [2.45, 2.75) is 11.8 Å². The van der Waals surface area contributed by atoms with Crippen LogP contribution in [0.15, 0.2) is 121 Å². The highest BCUT2D eigenvalue weighted by molar-refractivity contribution is 5.52. The van der Waals surface area contributed by atoms with Crippen molar-refractivity contribution < 1.29 is 0 Å². The second kappa shape index (κ2) is 10.4. The summed E-state index contributed by atoms with van der Waals surface area (Å²) in [5.41, 5.74) is 5.08. The summed E-state index contributed by atoms with van der Waals surface area (Å²) < 4.78 is 0. The average Bonchev–Trinajstić information content (AvgIpc) is 2.80. The summed E-state index contributed by atoms with van der Waals surface area (Å²) in [6, 6.07) is 43.4. The Labute approximate surface area is 175 Å². The Morgan fingerprint density at radius 3 is 1.07 bits per heavy atom. The SMILES string of the molecule is CNC.c1ccc(CC(c2ccccc2)(c2ccccc2)c2ccccc2)cc1. The zero-order chi connectivity index (χ0) is 20.4. The van der Waals surface area contributed by atoms with E-state index in [4.69, 9.17) is 0 Å². The Kier molecular flexibility index (Phi) is 7.38. The molecule has 0 heterocycles. The van der Waals surface area contributed by atoms with E-state index < -0.39 is 0 Å². The van der Waals surface area contributed by atoms with Crippen LogP contribution in [0.3, 0.4) is 0 Å². The highest BCUT2D eigenvalue weighted by atomic mass is 14.7. The fraction of sp³-hybridized carbons (Fsp3) is 0.143. The molecule has 29 heavy (non-hydrogen) atoms. The molecule has 0 radical (unpaired) electrons. The molecule has 4 aromatic carbocycles. The summed E-state index contributed by atoms with van der Waals surface area (Å²) >= 11 is 0. The predicted octanol–water partition coefficient (Wildman–Crippen LogP) is 6.10. The number of nitrogens with one attached hydrogen (secondary N) is 1. The van der Waals surface area contributed by atoms with Gasteiger partial charge < -0.3 is 5.32 Å². The number of hydrogen-bond acceptors (Lipinski definition) is 1. The molecule has 1 heteroatoms. The van der Waals surface area contributed by atoms with E-state index in [-0.39, 0.29) is 5.41 Å². The third-order valence-electron chi connectivity index (χ3n) is 5.11. The van der Waals surface area contributed by atoms with Crippen LogP contribution in [0.4, 0.5) is 0 Å². The molecule has 4 aromatic rings. The van der Waals surface area contributed by atoms with Crippen molar-refractivity contribution in [1.82, 2.24) is 5.32 Å². The lowest BCUT2D eigenvalue weighted by atomic mass is 9.66. The van der Waals surface area contributed by atoms with Crippen LogP contribution >= 0.6 is 0 Å². The van der Waals surface area contributed by atoms with E-state index in [1.54, 1.807) is 0 Å². The molecule has 0 amide bonds. The highest BCUT2D eigenvalue weighted by Crippen LogP contribution is 2.41. The van der Waals surface area contributed by atoms with Crippen molar-refractivity contribution >= 4 is 0 Å². The Bertz CT molecular complexity index is 851. The maximum Gasteiger partial charge on any atom is 0.0491 e. The van der Waals surface area contributed by atoms with E-state index in [2.05, 4.69) is 127 Å². The molecule has 0 unspecified atom stereocenters. The minimum Gasteiger partial charge on any atom is -0.323 e. The van der Waals surface area contributed by atoms with E-state index in [0.29, 0.717) is 0 Å². The first-order valence-electron chi connectivity index (χ1n) is 10.1. The molecule has 0 atom stereocenters. The number of rotatable bonds is 5. The molecule has 0 aliphatic carbocycles. The molecule has 0 saturated carbocycles. The fourth-order valence-corrected chi connectivity index (χ4v) is 3.88. The number of benzene rings is 4. The van der Waals surface area contributed by atoms with Gasteiger partial charge in [0.25, 0.3) is 0 Å². The molecular weight excluding hydrogens is 350 g/mol. The van der Waals surface area contributed by atoms with Crippen LogP contribution < -0.4 is 5.32 Å². The first-order chi connectivity index (χ1) is 14.3. The maximum atomic E-state index is 2.75. The molecule has 0 aliphatic rings. The zero-order valence-corrected chi connectivity index (χ0v) is 17.3. The van der Waals surface area contributed by atoms with E-state index in [0.717, 1.165) is 6.42 Å². The minimum atomic E-state index is -0.217. The third-order valence-corrected chi connectivity index (χ3v) is 5.11. The quantitative estimate of drug-likeness (QED) is 0.413. The Balaban J connectivity index is 0.000000755. The van der Waals surface area contributed by atoms with Crippen LogP contribution in [0.25, 0.3) is 0 Å². The second-order valence-corrected chi connectivity index (χ2v) is 7.17. The van der Waals surface area contributed by atoms with Crippen molar-refractivity contribution in [3.8, 4) is 0 Å². The maximum absolute atomic E-state index is 2.75. The van der Waals surface area contributed by atoms with Gasteiger partial charge in [-0.2, -0.15) is 0 Å². The van der Waals surface area contributed by atoms with Crippen LogP contribution in [-0.2, 0) is 11.8 Å². The van der Waals surface area contributed by atoms with Gasteiger partial charge in [-0.1, -0.05) is 121 Å². The fourth-order valence-electron chi connectivity index (χ4n) is 3.88. The van der Waals surface area contributed by atoms with E-state index >= 15 is 0 Å². The lowest BCUT2D eigenvalue weighted by Crippen LogP contribution is -2.32. The monoisotopic (exact) mass is 379 g/mol. The summed E-state index contributed by atoms with van der Waals surface area (Å²) in [6.45, 7) is 0. The van der Waals surface area contributed by atoms with Crippen molar-refractivity contribution in [3.05, 3.63) is 144 Å². The van der Waals surface area contributed by atoms with Crippen molar-refractivity contribution in [2.75, 3.05) is 14.1 Å². The summed E-state index contributed by atoms with van der Waals surface area (Å²) in [6.07, 6.45) is 0.922. The molecule has 1 nitrogen and oxygen atoms in total. The Hall–Kier alpha value is -3.16. The molecule has 0 aromatic heterocycles. The molecule has 146 valence electrons. The van der Waals surface area contributed by atoms with Gasteiger partial charge in [0.15, 0.2) is 0 Å². The molecule has 1 N–H and O–H groups in total. The van der Waals surface area contributed by atoms with Crippen molar-refractivity contribution in [3.63, 3.8) is 0 Å². The molecule has 0 saturated heterocycles. The Morgan fingerprint density at radius 1 is 0.483 bits per heavy atom. The number of hydrogen-bond donors (Lipinski definition) is 1. The molecule has 0 bridgehead atoms.